The number of hydrogen-bond acceptors (Lipinski definition) is 4. The summed E-state index contributed by atoms with van der Waals surface area (Å²) in [7, 11) is 4.18. The van der Waals surface area contributed by atoms with Crippen molar-refractivity contribution in [3.8, 4) is 0 Å². The van der Waals surface area contributed by atoms with Crippen LogP contribution in [-0.4, -0.2) is 59.7 Å². The molecule has 0 amide bonds. The molecule has 17 heavy (non-hydrogen) atoms. The highest BCUT2D eigenvalue weighted by molar-refractivity contribution is 5.25. The Balaban J connectivity index is 2.18. The number of hydrogen-bond donors (Lipinski definition) is 1. The molecule has 0 radical (unpaired) electrons. The third kappa shape index (κ3) is 2.65. The fraction of sp³-hybridized carbons (Fsp3) is 0.615. The first-order valence-corrected chi connectivity index (χ1v) is 6.07. The van der Waals surface area contributed by atoms with Crippen LogP contribution in [0.5, 0.6) is 0 Å². The van der Waals surface area contributed by atoms with Crippen LogP contribution in [0.3, 0.4) is 0 Å². The van der Waals surface area contributed by atoms with Gasteiger partial charge >= 0.3 is 0 Å². The summed E-state index contributed by atoms with van der Waals surface area (Å²) < 4.78 is 0. The van der Waals surface area contributed by atoms with E-state index in [-0.39, 0.29) is 6.04 Å². The summed E-state index contributed by atoms with van der Waals surface area (Å²) in [5, 5.41) is 10.5. The molecule has 1 aliphatic rings. The standard InChI is InChI=1S/C13H21N3O/c1-10-4-5-14-8-11(10)13(17)12-9-15(2)6-7-16(12)3/h4-5,8,12-13,17H,6-7,9H2,1-3H3. The number of pyridine rings is 1. The normalized spacial score (nSPS) is 24.8. The van der Waals surface area contributed by atoms with E-state index in [2.05, 4.69) is 28.9 Å². The van der Waals surface area contributed by atoms with Gasteiger partial charge in [-0.25, -0.2) is 0 Å². The fourth-order valence-corrected chi connectivity index (χ4v) is 2.38. The first kappa shape index (κ1) is 12.5. The molecular formula is C13H21N3O. The molecule has 0 saturated carbocycles. The van der Waals surface area contributed by atoms with Crippen molar-refractivity contribution in [2.45, 2.75) is 19.1 Å². The maximum atomic E-state index is 10.5. The van der Waals surface area contributed by atoms with Gasteiger partial charge in [0.05, 0.1) is 12.1 Å². The molecule has 2 atom stereocenters. The average Bonchev–Trinajstić information content (AvgIpc) is 2.32. The Labute approximate surface area is 103 Å². The minimum absolute atomic E-state index is 0.150. The number of piperazine rings is 1. The molecule has 1 saturated heterocycles. The summed E-state index contributed by atoms with van der Waals surface area (Å²) in [6.07, 6.45) is 3.08. The quantitative estimate of drug-likeness (QED) is 0.818. The summed E-state index contributed by atoms with van der Waals surface area (Å²) in [5.74, 6) is 0. The van der Waals surface area contributed by atoms with Crippen LogP contribution in [0.4, 0.5) is 0 Å². The summed E-state index contributed by atoms with van der Waals surface area (Å²) in [4.78, 5) is 8.61. The number of aliphatic hydroxyl groups is 1. The van der Waals surface area contributed by atoms with E-state index in [9.17, 15) is 5.11 Å². The molecule has 1 N–H and O–H groups in total. The van der Waals surface area contributed by atoms with Gasteiger partial charge < -0.3 is 10.0 Å². The molecule has 0 aliphatic carbocycles. The van der Waals surface area contributed by atoms with Crippen LogP contribution in [0.2, 0.25) is 0 Å². The number of aliphatic hydroxyl groups excluding tert-OH is 1. The molecule has 1 fully saturated rings. The zero-order valence-electron chi connectivity index (χ0n) is 10.8. The molecule has 4 heteroatoms. The van der Waals surface area contributed by atoms with Gasteiger partial charge in [0.15, 0.2) is 0 Å². The molecule has 2 rings (SSSR count). The average molecular weight is 235 g/mol. The number of rotatable bonds is 2. The lowest BCUT2D eigenvalue weighted by atomic mass is 9.97. The minimum Gasteiger partial charge on any atom is -0.387 e. The summed E-state index contributed by atoms with van der Waals surface area (Å²) in [6.45, 7) is 4.97. The number of nitrogens with zero attached hydrogens (tertiary/aromatic N) is 3. The molecule has 4 nitrogen and oxygen atoms in total. The van der Waals surface area contributed by atoms with E-state index < -0.39 is 6.10 Å². The van der Waals surface area contributed by atoms with Crippen molar-refractivity contribution in [3.63, 3.8) is 0 Å². The van der Waals surface area contributed by atoms with Crippen LogP contribution in [0, 0.1) is 6.92 Å². The monoisotopic (exact) mass is 235 g/mol. The predicted octanol–water partition coefficient (Wildman–Crippen LogP) is 0.669. The van der Waals surface area contributed by atoms with Crippen molar-refractivity contribution in [3.05, 3.63) is 29.6 Å². The highest BCUT2D eigenvalue weighted by Crippen LogP contribution is 2.24. The number of aryl methyl sites for hydroxylation is 1. The summed E-state index contributed by atoms with van der Waals surface area (Å²) in [6, 6.07) is 2.10. The Morgan fingerprint density at radius 3 is 2.88 bits per heavy atom. The zero-order valence-corrected chi connectivity index (χ0v) is 10.8. The highest BCUT2D eigenvalue weighted by atomic mass is 16.3. The van der Waals surface area contributed by atoms with E-state index >= 15 is 0 Å². The van der Waals surface area contributed by atoms with Gasteiger partial charge in [0.1, 0.15) is 0 Å². The molecule has 94 valence electrons. The van der Waals surface area contributed by atoms with Crippen LogP contribution in [0.15, 0.2) is 18.5 Å². The molecule has 0 bridgehead atoms. The Morgan fingerprint density at radius 1 is 1.41 bits per heavy atom. The van der Waals surface area contributed by atoms with Crippen LogP contribution in [-0.2, 0) is 0 Å². The summed E-state index contributed by atoms with van der Waals surface area (Å²) in [5.41, 5.74) is 2.05. The van der Waals surface area contributed by atoms with Crippen molar-refractivity contribution < 1.29 is 5.11 Å². The predicted molar refractivity (Wildman–Crippen MR) is 67.8 cm³/mol. The van der Waals surface area contributed by atoms with E-state index in [4.69, 9.17) is 0 Å². The van der Waals surface area contributed by atoms with Gasteiger partial charge in [-0.2, -0.15) is 0 Å². The van der Waals surface area contributed by atoms with Crippen LogP contribution in [0.1, 0.15) is 17.2 Å². The lowest BCUT2D eigenvalue weighted by molar-refractivity contribution is 0.0134. The molecule has 1 aromatic rings. The second-order valence-electron chi connectivity index (χ2n) is 4.99. The van der Waals surface area contributed by atoms with Gasteiger partial charge in [-0.3, -0.25) is 9.88 Å². The second-order valence-corrected chi connectivity index (χ2v) is 4.99. The third-order valence-electron chi connectivity index (χ3n) is 3.66. The molecule has 1 aromatic heterocycles. The molecule has 0 spiro atoms. The van der Waals surface area contributed by atoms with E-state index in [1.54, 1.807) is 12.4 Å². The van der Waals surface area contributed by atoms with Crippen molar-refractivity contribution in [1.29, 1.82) is 0 Å². The molecule has 2 unspecified atom stereocenters. The van der Waals surface area contributed by atoms with E-state index in [1.807, 2.05) is 13.0 Å². The topological polar surface area (TPSA) is 39.6 Å². The van der Waals surface area contributed by atoms with Crippen LogP contribution >= 0.6 is 0 Å². The number of likely N-dealkylation sites (N-methyl/N-ethyl adjacent to an activating group) is 2. The van der Waals surface area contributed by atoms with Gasteiger partial charge in [-0.05, 0) is 32.6 Å². The highest BCUT2D eigenvalue weighted by Gasteiger charge is 2.30. The first-order chi connectivity index (χ1) is 8.09. The van der Waals surface area contributed by atoms with E-state index in [1.165, 1.54) is 0 Å². The lowest BCUT2D eigenvalue weighted by Crippen LogP contribution is -2.52. The van der Waals surface area contributed by atoms with Gasteiger partial charge in [0.25, 0.3) is 0 Å². The van der Waals surface area contributed by atoms with Crippen LogP contribution in [0.25, 0.3) is 0 Å². The minimum atomic E-state index is -0.462. The maximum absolute atomic E-state index is 10.5. The third-order valence-corrected chi connectivity index (χ3v) is 3.66. The van der Waals surface area contributed by atoms with Gasteiger partial charge in [-0.1, -0.05) is 0 Å². The van der Waals surface area contributed by atoms with Crippen LogP contribution < -0.4 is 0 Å². The molecular weight excluding hydrogens is 214 g/mol. The summed E-state index contributed by atoms with van der Waals surface area (Å²) >= 11 is 0. The van der Waals surface area contributed by atoms with Crippen molar-refractivity contribution in [2.24, 2.45) is 0 Å². The molecule has 1 aliphatic heterocycles. The van der Waals surface area contributed by atoms with Gasteiger partial charge in [-0.15, -0.1) is 0 Å². The van der Waals surface area contributed by atoms with Gasteiger partial charge in [0, 0.05) is 37.6 Å². The molecule has 2 heterocycles. The largest absolute Gasteiger partial charge is 0.387 e. The Bertz CT molecular complexity index is 383. The van der Waals surface area contributed by atoms with Crippen molar-refractivity contribution in [1.82, 2.24) is 14.8 Å². The Morgan fingerprint density at radius 2 is 2.18 bits per heavy atom. The lowest BCUT2D eigenvalue weighted by Gasteiger charge is -2.40. The zero-order chi connectivity index (χ0) is 12.4. The van der Waals surface area contributed by atoms with Gasteiger partial charge in [0.2, 0.25) is 0 Å². The first-order valence-electron chi connectivity index (χ1n) is 6.07. The van der Waals surface area contributed by atoms with Crippen molar-refractivity contribution >= 4 is 0 Å². The fourth-order valence-electron chi connectivity index (χ4n) is 2.38. The van der Waals surface area contributed by atoms with E-state index in [0.717, 1.165) is 30.8 Å². The van der Waals surface area contributed by atoms with E-state index in [0.29, 0.717) is 0 Å². The molecule has 0 aromatic carbocycles. The Kier molecular flexibility index (Phi) is 3.76. The SMILES string of the molecule is Cc1ccncc1C(O)C1CN(C)CCN1C. The van der Waals surface area contributed by atoms with Crippen molar-refractivity contribution in [2.75, 3.05) is 33.7 Å². The Hall–Kier alpha value is -0.970. The second kappa shape index (κ2) is 5.12. The maximum Gasteiger partial charge on any atom is 0.0974 e. The smallest absolute Gasteiger partial charge is 0.0974 e. The number of aromatic nitrogens is 1.